The van der Waals surface area contributed by atoms with Crippen molar-refractivity contribution in [2.24, 2.45) is 17.3 Å². The first-order valence-electron chi connectivity index (χ1n) is 6.33. The number of nitrogens with one attached hydrogen (secondary N) is 2. The second kappa shape index (κ2) is 7.11. The number of aliphatic carboxylic acids is 1. The summed E-state index contributed by atoms with van der Waals surface area (Å²) in [5, 5.41) is 14.1. The van der Waals surface area contributed by atoms with E-state index in [1.807, 2.05) is 13.8 Å². The maximum absolute atomic E-state index is 11.8. The van der Waals surface area contributed by atoms with Crippen LogP contribution in [0.2, 0.25) is 0 Å². The lowest BCUT2D eigenvalue weighted by Crippen LogP contribution is -2.46. The fraction of sp³-hybridized carbons (Fsp3) is 0.769. The summed E-state index contributed by atoms with van der Waals surface area (Å²) < 4.78 is 0. The topological polar surface area (TPSA) is 95.5 Å². The molecule has 1 atom stereocenters. The predicted octanol–water partition coefficient (Wildman–Crippen LogP) is 0.622. The number of carboxylic acid groups (broad SMARTS) is 1. The third-order valence-corrected chi connectivity index (χ3v) is 2.51. The van der Waals surface area contributed by atoms with Crippen LogP contribution in [0.25, 0.3) is 0 Å². The van der Waals surface area contributed by atoms with Crippen LogP contribution in [0.5, 0.6) is 0 Å². The Kier molecular flexibility index (Phi) is 6.52. The number of carbonyl (C=O) groups excluding carboxylic acids is 2. The molecule has 0 radical (unpaired) electrons. The number of carbonyl (C=O) groups is 3. The van der Waals surface area contributed by atoms with E-state index in [-0.39, 0.29) is 12.5 Å². The molecule has 2 amide bonds. The van der Waals surface area contributed by atoms with Gasteiger partial charge in [0.2, 0.25) is 11.8 Å². The molecule has 0 rings (SSSR count). The zero-order valence-electron chi connectivity index (χ0n) is 12.2. The lowest BCUT2D eigenvalue weighted by molar-refractivity contribution is -0.152. The van der Waals surface area contributed by atoms with Crippen LogP contribution in [0.4, 0.5) is 0 Å². The Hall–Kier alpha value is -1.59. The molecule has 0 saturated heterocycles. The Balaban J connectivity index is 4.36. The van der Waals surface area contributed by atoms with Crippen LogP contribution in [0.3, 0.4) is 0 Å². The largest absolute Gasteiger partial charge is 0.481 e. The van der Waals surface area contributed by atoms with Gasteiger partial charge >= 0.3 is 5.97 Å². The van der Waals surface area contributed by atoms with Gasteiger partial charge in [-0.25, -0.2) is 0 Å². The molecule has 6 nitrogen and oxygen atoms in total. The molecule has 3 N–H and O–H groups in total. The van der Waals surface area contributed by atoms with Gasteiger partial charge in [-0.2, -0.15) is 0 Å². The highest BCUT2D eigenvalue weighted by Gasteiger charge is 2.37. The molecular formula is C13H24N2O4. The summed E-state index contributed by atoms with van der Waals surface area (Å²) in [6, 6.07) is 0. The van der Waals surface area contributed by atoms with Gasteiger partial charge in [-0.1, -0.05) is 34.6 Å². The fourth-order valence-corrected chi connectivity index (χ4v) is 1.53. The third-order valence-electron chi connectivity index (χ3n) is 2.51. The number of amides is 2. The van der Waals surface area contributed by atoms with E-state index in [2.05, 4.69) is 10.6 Å². The molecule has 6 heteroatoms. The molecule has 0 aliphatic rings. The maximum atomic E-state index is 11.8. The fourth-order valence-electron chi connectivity index (χ4n) is 1.53. The van der Waals surface area contributed by atoms with Crippen LogP contribution < -0.4 is 10.6 Å². The first-order chi connectivity index (χ1) is 8.55. The number of rotatable bonds is 6. The van der Waals surface area contributed by atoms with Gasteiger partial charge in [-0.15, -0.1) is 0 Å². The molecule has 1 unspecified atom stereocenters. The van der Waals surface area contributed by atoms with Crippen LogP contribution in [-0.2, 0) is 14.4 Å². The van der Waals surface area contributed by atoms with Crippen LogP contribution in [0.1, 0.15) is 34.6 Å². The highest BCUT2D eigenvalue weighted by atomic mass is 16.4. The van der Waals surface area contributed by atoms with E-state index in [1.165, 1.54) is 0 Å². The summed E-state index contributed by atoms with van der Waals surface area (Å²) >= 11 is 0. The van der Waals surface area contributed by atoms with E-state index in [0.29, 0.717) is 12.5 Å². The van der Waals surface area contributed by atoms with Crippen molar-refractivity contribution in [2.45, 2.75) is 34.6 Å². The van der Waals surface area contributed by atoms with Gasteiger partial charge in [-0.3, -0.25) is 14.4 Å². The molecule has 0 saturated carbocycles. The summed E-state index contributed by atoms with van der Waals surface area (Å²) in [5.41, 5.74) is -0.704. The monoisotopic (exact) mass is 272 g/mol. The first kappa shape index (κ1) is 17.4. The Labute approximate surface area is 113 Å². The normalized spacial score (nSPS) is 12.9. The van der Waals surface area contributed by atoms with Crippen molar-refractivity contribution in [3.05, 3.63) is 0 Å². The van der Waals surface area contributed by atoms with Crippen molar-refractivity contribution in [1.82, 2.24) is 10.6 Å². The van der Waals surface area contributed by atoms with Crippen molar-refractivity contribution in [3.63, 3.8) is 0 Å². The van der Waals surface area contributed by atoms with E-state index in [1.54, 1.807) is 20.8 Å². The molecule has 0 bridgehead atoms. The smallest absolute Gasteiger partial charge is 0.316 e. The summed E-state index contributed by atoms with van der Waals surface area (Å²) in [6.45, 7) is 9.25. The maximum Gasteiger partial charge on any atom is 0.316 e. The van der Waals surface area contributed by atoms with E-state index in [0.717, 1.165) is 0 Å². The van der Waals surface area contributed by atoms with Crippen molar-refractivity contribution >= 4 is 17.8 Å². The number of carboxylic acids is 1. The van der Waals surface area contributed by atoms with Gasteiger partial charge in [-0.05, 0) is 11.3 Å². The molecule has 0 aromatic carbocycles. The van der Waals surface area contributed by atoms with Crippen molar-refractivity contribution in [3.8, 4) is 0 Å². The zero-order chi connectivity index (χ0) is 15.2. The molecule has 0 aliphatic carbocycles. The minimum atomic E-state index is -1.19. The van der Waals surface area contributed by atoms with Crippen LogP contribution in [-0.4, -0.2) is 36.0 Å². The average Bonchev–Trinajstić information content (AvgIpc) is 2.20. The second-order valence-electron chi connectivity index (χ2n) is 6.05. The number of hydrogen-bond acceptors (Lipinski definition) is 3. The summed E-state index contributed by atoms with van der Waals surface area (Å²) in [5.74, 6) is -3.00. The van der Waals surface area contributed by atoms with Crippen molar-refractivity contribution in [2.75, 3.05) is 13.1 Å². The lowest BCUT2D eigenvalue weighted by Gasteiger charge is -2.25. The Bertz CT molecular complexity index is 345. The number of hydrogen-bond donors (Lipinski definition) is 3. The minimum absolute atomic E-state index is 0.203. The van der Waals surface area contributed by atoms with Crippen LogP contribution in [0.15, 0.2) is 0 Å². The summed E-state index contributed by atoms with van der Waals surface area (Å²) in [7, 11) is 0. The second-order valence-corrected chi connectivity index (χ2v) is 6.05. The third kappa shape index (κ3) is 6.79. The minimum Gasteiger partial charge on any atom is -0.481 e. The summed E-state index contributed by atoms with van der Waals surface area (Å²) in [6.07, 6.45) is 0. The van der Waals surface area contributed by atoms with Crippen molar-refractivity contribution < 1.29 is 19.5 Å². The van der Waals surface area contributed by atoms with E-state index in [4.69, 9.17) is 5.11 Å². The van der Waals surface area contributed by atoms with Gasteiger partial charge in [0, 0.05) is 6.54 Å². The van der Waals surface area contributed by atoms with Gasteiger partial charge in [0.1, 0.15) is 5.92 Å². The molecule has 0 fully saturated rings. The van der Waals surface area contributed by atoms with E-state index in [9.17, 15) is 14.4 Å². The lowest BCUT2D eigenvalue weighted by atomic mass is 9.80. The van der Waals surface area contributed by atoms with Gasteiger partial charge in [0.05, 0.1) is 6.54 Å². The zero-order valence-corrected chi connectivity index (χ0v) is 12.2. The Morgan fingerprint density at radius 3 is 2.00 bits per heavy atom. The molecule has 0 aliphatic heterocycles. The predicted molar refractivity (Wildman–Crippen MR) is 71.4 cm³/mol. The van der Waals surface area contributed by atoms with Crippen LogP contribution in [0, 0.1) is 17.3 Å². The highest BCUT2D eigenvalue weighted by molar-refractivity contribution is 5.99. The molecule has 0 spiro atoms. The molecule has 0 heterocycles. The average molecular weight is 272 g/mol. The van der Waals surface area contributed by atoms with Gasteiger partial charge < -0.3 is 15.7 Å². The van der Waals surface area contributed by atoms with Crippen LogP contribution >= 0.6 is 0 Å². The van der Waals surface area contributed by atoms with E-state index < -0.39 is 23.2 Å². The Morgan fingerprint density at radius 2 is 1.63 bits per heavy atom. The summed E-state index contributed by atoms with van der Waals surface area (Å²) in [4.78, 5) is 34.3. The van der Waals surface area contributed by atoms with Gasteiger partial charge in [0.25, 0.3) is 0 Å². The highest BCUT2D eigenvalue weighted by Crippen LogP contribution is 2.26. The standard InChI is InChI=1S/C13H24N2O4/c1-8(2)6-14-9(16)7-15-11(17)10(12(18)19)13(3,4)5/h8,10H,6-7H2,1-5H3,(H,14,16)(H,15,17)(H,18,19). The molecule has 0 aromatic heterocycles. The quantitative estimate of drug-likeness (QED) is 0.618. The first-order valence-corrected chi connectivity index (χ1v) is 6.33. The van der Waals surface area contributed by atoms with Crippen molar-refractivity contribution in [1.29, 1.82) is 0 Å². The van der Waals surface area contributed by atoms with Gasteiger partial charge in [0.15, 0.2) is 0 Å². The SMILES string of the molecule is CC(C)CNC(=O)CNC(=O)C(C(=O)O)C(C)(C)C. The molecule has 0 aromatic rings. The molecule has 19 heavy (non-hydrogen) atoms. The Morgan fingerprint density at radius 1 is 1.11 bits per heavy atom. The molecular weight excluding hydrogens is 248 g/mol. The van der Waals surface area contributed by atoms with E-state index >= 15 is 0 Å². The molecule has 110 valence electrons.